The van der Waals surface area contributed by atoms with Crippen LogP contribution in [0.15, 0.2) is 97.2 Å². The molecule has 4 aromatic carbocycles. The predicted molar refractivity (Wildman–Crippen MR) is 158 cm³/mol. The van der Waals surface area contributed by atoms with Crippen LogP contribution in [0, 0.1) is 13.8 Å². The summed E-state index contributed by atoms with van der Waals surface area (Å²) in [5.74, 6) is 0. The highest BCUT2D eigenvalue weighted by atomic mass is 32.1. The van der Waals surface area contributed by atoms with Crippen LogP contribution < -0.4 is 4.57 Å². The Morgan fingerprint density at radius 1 is 0.725 bits per heavy atom. The van der Waals surface area contributed by atoms with E-state index in [1.165, 1.54) is 4.57 Å². The van der Waals surface area contributed by atoms with Gasteiger partial charge in [0.05, 0.1) is 5.56 Å². The number of rotatable bonds is 0. The number of hydrogen-bond acceptors (Lipinski definition) is 1. The highest BCUT2D eigenvalue weighted by molar-refractivity contribution is 7.23. The van der Waals surface area contributed by atoms with Crippen molar-refractivity contribution in [3.63, 3.8) is 0 Å². The van der Waals surface area contributed by atoms with Crippen LogP contribution in [0.2, 0.25) is 0 Å². The van der Waals surface area contributed by atoms with Gasteiger partial charge in [0.15, 0.2) is 6.20 Å². The summed E-state index contributed by atoms with van der Waals surface area (Å²) in [6, 6.07) is 29.7. The van der Waals surface area contributed by atoms with Gasteiger partial charge in [-0.1, -0.05) is 66.7 Å². The average molecular weight is 552 g/mol. The number of aryl methyl sites for hydroxylation is 3. The molecule has 0 amide bonds. The first-order valence-corrected chi connectivity index (χ1v) is 13.7. The number of aromatic nitrogens is 1. The summed E-state index contributed by atoms with van der Waals surface area (Å²) >= 11 is 1.11. The highest BCUT2D eigenvalue weighted by Crippen LogP contribution is 2.47. The monoisotopic (exact) mass is 551 g/mol. The van der Waals surface area contributed by atoms with E-state index in [1.54, 1.807) is 13.1 Å². The fourth-order valence-corrected chi connectivity index (χ4v) is 7.04. The van der Waals surface area contributed by atoms with Crippen LogP contribution in [0.4, 0.5) is 13.2 Å². The third-order valence-corrected chi connectivity index (χ3v) is 8.96. The Morgan fingerprint density at radius 2 is 1.25 bits per heavy atom. The lowest BCUT2D eigenvalue weighted by Gasteiger charge is -2.13. The molecule has 0 fully saturated rings. The topological polar surface area (TPSA) is 3.88 Å². The second-order valence-electron chi connectivity index (χ2n) is 10.3. The molecule has 0 spiro atoms. The summed E-state index contributed by atoms with van der Waals surface area (Å²) in [5.41, 5.74) is 7.24. The summed E-state index contributed by atoms with van der Waals surface area (Å²) < 4.78 is 71.2. The molecular formula is C35H25F3NS+. The minimum Gasteiger partial charge on any atom is -0.199 e. The van der Waals surface area contributed by atoms with Crippen molar-refractivity contribution in [3.05, 3.63) is 114 Å². The summed E-state index contributed by atoms with van der Waals surface area (Å²) in [7, 11) is 1.59. The van der Waals surface area contributed by atoms with Gasteiger partial charge in [-0.2, -0.15) is 17.7 Å². The molecule has 0 unspecified atom stereocenters. The number of nitrogens with zero attached hydrogens (tertiary/aromatic N) is 1. The van der Waals surface area contributed by atoms with Gasteiger partial charge in [-0.3, -0.25) is 0 Å². The summed E-state index contributed by atoms with van der Waals surface area (Å²) in [6.07, 6.45) is -3.73. The molecule has 0 N–H and O–H groups in total. The Kier molecular flexibility index (Phi) is 4.80. The van der Waals surface area contributed by atoms with Crippen LogP contribution in [-0.2, 0) is 13.2 Å². The van der Waals surface area contributed by atoms with Crippen molar-refractivity contribution < 1.29 is 21.9 Å². The van der Waals surface area contributed by atoms with Gasteiger partial charge in [0.1, 0.15) is 17.3 Å². The Labute approximate surface area is 239 Å². The molecular weight excluding hydrogens is 523 g/mol. The SMILES string of the molecule is [2H]C([2H])([2H])c1c2sc3c([n+](C)cc(C(F)(F)F)c13)-c1cc(ccc1C)-c1cccc(c1)-c1cccc(c1)-c1cccc-2c1. The largest absolute Gasteiger partial charge is 0.422 e. The zero-order chi connectivity index (χ0) is 30.3. The smallest absolute Gasteiger partial charge is 0.199 e. The van der Waals surface area contributed by atoms with Crippen molar-refractivity contribution >= 4 is 21.4 Å². The van der Waals surface area contributed by atoms with Gasteiger partial charge in [0.2, 0.25) is 5.69 Å². The number of halogens is 3. The molecule has 0 atom stereocenters. The molecule has 3 heterocycles. The first kappa shape index (κ1) is 21.6. The van der Waals surface area contributed by atoms with E-state index >= 15 is 0 Å². The van der Waals surface area contributed by atoms with E-state index in [9.17, 15) is 13.2 Å². The number of pyridine rings is 1. The Hall–Kier alpha value is -4.22. The van der Waals surface area contributed by atoms with Gasteiger partial charge in [0, 0.05) is 14.4 Å². The molecule has 1 aliphatic heterocycles. The Balaban J connectivity index is 1.70. The number of hydrogen-bond donors (Lipinski definition) is 0. The van der Waals surface area contributed by atoms with Crippen LogP contribution in [0.3, 0.4) is 0 Å². The molecule has 0 saturated carbocycles. The lowest BCUT2D eigenvalue weighted by molar-refractivity contribution is -0.660. The van der Waals surface area contributed by atoms with Crippen molar-refractivity contribution in [3.8, 4) is 55.1 Å². The fourth-order valence-electron chi connectivity index (χ4n) is 5.72. The standard InChI is InChI=1S/C35H25F3NS/c1-20-13-14-27-18-29(20)32-34-31(30(19-39(32)3)35(36,37)38)21(2)33(40-34)28-12-6-11-26(17-28)24-9-4-7-22(15-24)23-8-5-10-25(27)16-23/h4-19H,1-3H3/q+1/i2D3. The van der Waals surface area contributed by atoms with E-state index in [0.717, 1.165) is 62.0 Å². The highest BCUT2D eigenvalue weighted by Gasteiger charge is 2.39. The van der Waals surface area contributed by atoms with E-state index in [1.807, 2.05) is 73.7 Å². The van der Waals surface area contributed by atoms with Gasteiger partial charge in [0.25, 0.3) is 0 Å². The lowest BCUT2D eigenvalue weighted by atomic mass is 9.93. The number of thiophene rings is 1. The number of benzene rings is 4. The van der Waals surface area contributed by atoms with Gasteiger partial charge < -0.3 is 0 Å². The molecule has 6 aromatic rings. The van der Waals surface area contributed by atoms with Crippen LogP contribution >= 0.6 is 11.3 Å². The van der Waals surface area contributed by atoms with Crippen LogP contribution in [0.5, 0.6) is 0 Å². The van der Waals surface area contributed by atoms with E-state index in [2.05, 4.69) is 18.2 Å². The van der Waals surface area contributed by atoms with Gasteiger partial charge in [-0.25, -0.2) is 0 Å². The predicted octanol–water partition coefficient (Wildman–Crippen LogP) is 10.0. The maximum atomic E-state index is 14.7. The summed E-state index contributed by atoms with van der Waals surface area (Å²) in [4.78, 5) is 0.317. The van der Waals surface area contributed by atoms with Crippen molar-refractivity contribution in [2.24, 2.45) is 7.05 Å². The van der Waals surface area contributed by atoms with Gasteiger partial charge in [-0.15, -0.1) is 11.3 Å². The molecule has 0 radical (unpaired) electrons. The molecule has 2 aromatic heterocycles. The second-order valence-corrected chi connectivity index (χ2v) is 11.3. The molecule has 5 heteroatoms. The molecule has 0 aliphatic carbocycles. The third kappa shape index (κ3) is 3.88. The number of fused-ring (bicyclic) bond motifs is 14. The second kappa shape index (κ2) is 8.90. The molecule has 196 valence electrons. The van der Waals surface area contributed by atoms with Crippen LogP contribution in [-0.4, -0.2) is 0 Å². The molecule has 40 heavy (non-hydrogen) atoms. The normalized spacial score (nSPS) is 13.7. The molecule has 0 saturated heterocycles. The quantitative estimate of drug-likeness (QED) is 0.165. The minimum atomic E-state index is -4.76. The van der Waals surface area contributed by atoms with Crippen LogP contribution in [0.1, 0.15) is 20.8 Å². The average Bonchev–Trinajstić information content (AvgIpc) is 3.38. The molecule has 7 rings (SSSR count). The summed E-state index contributed by atoms with van der Waals surface area (Å²) in [6.45, 7) is -0.870. The van der Waals surface area contributed by atoms with Gasteiger partial charge >= 0.3 is 6.18 Å². The zero-order valence-electron chi connectivity index (χ0n) is 24.7. The maximum Gasteiger partial charge on any atom is 0.422 e. The van der Waals surface area contributed by atoms with E-state index in [4.69, 9.17) is 4.11 Å². The number of alkyl halides is 3. The van der Waals surface area contributed by atoms with Crippen molar-refractivity contribution in [1.29, 1.82) is 0 Å². The summed E-state index contributed by atoms with van der Waals surface area (Å²) in [5, 5.41) is -0.260. The molecule has 1 aliphatic rings. The van der Waals surface area contributed by atoms with Crippen molar-refractivity contribution in [1.82, 2.24) is 0 Å². The molecule has 10 bridgehead atoms. The van der Waals surface area contributed by atoms with Crippen molar-refractivity contribution in [2.75, 3.05) is 0 Å². The van der Waals surface area contributed by atoms with Crippen molar-refractivity contribution in [2.45, 2.75) is 20.0 Å². The maximum absolute atomic E-state index is 14.7. The first-order valence-electron chi connectivity index (χ1n) is 14.4. The fraction of sp³-hybridized carbons (Fsp3) is 0.114. The Morgan fingerprint density at radius 3 is 1.80 bits per heavy atom. The Bertz CT molecular complexity index is 2090. The van der Waals surface area contributed by atoms with E-state index < -0.39 is 18.6 Å². The minimum absolute atomic E-state index is 0.260. The van der Waals surface area contributed by atoms with E-state index in [-0.39, 0.29) is 10.9 Å². The van der Waals surface area contributed by atoms with E-state index in [0.29, 0.717) is 20.8 Å². The molecule has 1 nitrogen and oxygen atoms in total. The third-order valence-electron chi connectivity index (χ3n) is 7.72. The van der Waals surface area contributed by atoms with Crippen LogP contribution in [0.25, 0.3) is 65.2 Å². The lowest BCUT2D eigenvalue weighted by Crippen LogP contribution is -2.33. The zero-order valence-corrected chi connectivity index (χ0v) is 22.5. The van der Waals surface area contributed by atoms with Gasteiger partial charge in [-0.05, 0) is 88.1 Å². The first-order chi connectivity index (χ1) is 20.4.